The first-order valence-corrected chi connectivity index (χ1v) is 14.1. The summed E-state index contributed by atoms with van der Waals surface area (Å²) in [4.78, 5) is 17.3. The number of fused-ring (bicyclic) bond motifs is 1. The highest BCUT2D eigenvalue weighted by molar-refractivity contribution is 5.93. The van der Waals surface area contributed by atoms with Crippen molar-refractivity contribution in [3.8, 4) is 11.3 Å². The Balaban J connectivity index is 0.00000144. The lowest BCUT2D eigenvalue weighted by atomic mass is 10.1. The van der Waals surface area contributed by atoms with Crippen LogP contribution in [0.4, 0.5) is 11.5 Å². The summed E-state index contributed by atoms with van der Waals surface area (Å²) >= 11 is 0. The van der Waals surface area contributed by atoms with Gasteiger partial charge in [0, 0.05) is 56.3 Å². The number of ether oxygens (including phenoxy) is 3. The Hall–Kier alpha value is -2.78. The van der Waals surface area contributed by atoms with Crippen LogP contribution in [0, 0.1) is 0 Å². The molecule has 38 heavy (non-hydrogen) atoms. The second kappa shape index (κ2) is 12.8. The Labute approximate surface area is 226 Å². The highest BCUT2D eigenvalue weighted by Gasteiger charge is 2.24. The molecule has 0 bridgehead atoms. The zero-order chi connectivity index (χ0) is 26.3. The molecule has 3 aromatic rings. The molecule has 0 saturated carbocycles. The number of rotatable bonds is 5. The van der Waals surface area contributed by atoms with E-state index in [1.54, 1.807) is 0 Å². The maximum Gasteiger partial charge on any atom is 0.164 e. The minimum Gasteiger partial charge on any atom is -0.379 e. The third-order valence-electron chi connectivity index (χ3n) is 7.41. The van der Waals surface area contributed by atoms with E-state index in [4.69, 9.17) is 24.2 Å². The molecule has 1 unspecified atom stereocenters. The van der Waals surface area contributed by atoms with Gasteiger partial charge in [0.05, 0.1) is 57.1 Å². The molecule has 8 nitrogen and oxygen atoms in total. The van der Waals surface area contributed by atoms with E-state index in [0.29, 0.717) is 0 Å². The lowest BCUT2D eigenvalue weighted by Gasteiger charge is -2.36. The Morgan fingerprint density at radius 2 is 1.47 bits per heavy atom. The zero-order valence-corrected chi connectivity index (χ0v) is 23.1. The van der Waals surface area contributed by atoms with E-state index < -0.39 is 0 Å². The molecule has 1 aromatic carbocycles. The molecule has 6 rings (SSSR count). The molecular weight excluding hydrogens is 478 g/mol. The minimum absolute atomic E-state index is 0.281. The Morgan fingerprint density at radius 3 is 2.18 bits per heavy atom. The van der Waals surface area contributed by atoms with Gasteiger partial charge in [-0.05, 0) is 24.6 Å². The van der Waals surface area contributed by atoms with Crippen LogP contribution < -0.4 is 9.80 Å². The minimum atomic E-state index is 0.281. The van der Waals surface area contributed by atoms with Crippen LogP contribution in [-0.4, -0.2) is 93.3 Å². The summed E-state index contributed by atoms with van der Waals surface area (Å²) in [7, 11) is 0. The normalized spacial score (nSPS) is 20.8. The fourth-order valence-corrected chi connectivity index (χ4v) is 5.31. The second-order valence-electron chi connectivity index (χ2n) is 9.87. The molecule has 0 N–H and O–H groups in total. The Bertz CT molecular complexity index is 1180. The predicted molar refractivity (Wildman–Crippen MR) is 153 cm³/mol. The van der Waals surface area contributed by atoms with Gasteiger partial charge in [0.1, 0.15) is 5.82 Å². The van der Waals surface area contributed by atoms with Gasteiger partial charge in [0.15, 0.2) is 5.65 Å². The maximum atomic E-state index is 5.68. The van der Waals surface area contributed by atoms with E-state index in [-0.39, 0.29) is 6.04 Å². The molecule has 3 saturated heterocycles. The number of nitrogens with zero attached hydrogens (tertiary/aromatic N) is 5. The molecule has 0 radical (unpaired) electrons. The predicted octanol–water partition coefficient (Wildman–Crippen LogP) is 4.22. The van der Waals surface area contributed by atoms with Crippen molar-refractivity contribution < 1.29 is 14.2 Å². The molecule has 204 valence electrons. The summed E-state index contributed by atoms with van der Waals surface area (Å²) in [6.45, 7) is 16.3. The number of benzene rings is 1. The van der Waals surface area contributed by atoms with Crippen molar-refractivity contribution in [2.45, 2.75) is 33.4 Å². The van der Waals surface area contributed by atoms with Gasteiger partial charge in [-0.1, -0.05) is 38.1 Å². The van der Waals surface area contributed by atoms with Crippen molar-refractivity contribution in [1.29, 1.82) is 0 Å². The second-order valence-corrected chi connectivity index (χ2v) is 9.87. The molecule has 0 aliphatic carbocycles. The maximum absolute atomic E-state index is 5.68. The van der Waals surface area contributed by atoms with Gasteiger partial charge in [-0.15, -0.1) is 0 Å². The summed E-state index contributed by atoms with van der Waals surface area (Å²) in [6.07, 6.45) is 0. The third-order valence-corrected chi connectivity index (χ3v) is 7.41. The molecule has 3 aliphatic heterocycles. The van der Waals surface area contributed by atoms with Crippen LogP contribution in [0.25, 0.3) is 22.3 Å². The average Bonchev–Trinajstić information content (AvgIpc) is 2.99. The number of anilines is 2. The molecule has 3 aliphatic rings. The van der Waals surface area contributed by atoms with Crippen molar-refractivity contribution in [2.75, 3.05) is 82.2 Å². The average molecular weight is 520 g/mol. The summed E-state index contributed by atoms with van der Waals surface area (Å²) in [6, 6.07) is 15.6. The van der Waals surface area contributed by atoms with E-state index in [1.165, 1.54) is 11.3 Å². The highest BCUT2D eigenvalue weighted by Crippen LogP contribution is 2.33. The number of aromatic nitrogens is 2. The van der Waals surface area contributed by atoms with E-state index in [0.717, 1.165) is 107 Å². The van der Waals surface area contributed by atoms with Crippen LogP contribution in [0.3, 0.4) is 0 Å². The molecule has 1 atom stereocenters. The summed E-state index contributed by atoms with van der Waals surface area (Å²) in [5.74, 6) is 0.977. The van der Waals surface area contributed by atoms with E-state index >= 15 is 0 Å². The van der Waals surface area contributed by atoms with Crippen molar-refractivity contribution in [2.24, 2.45) is 0 Å². The molecule has 0 spiro atoms. The molecule has 0 amide bonds. The van der Waals surface area contributed by atoms with Crippen LogP contribution in [0.5, 0.6) is 0 Å². The first kappa shape index (κ1) is 26.8. The number of hydrogen-bond acceptors (Lipinski definition) is 8. The fourth-order valence-electron chi connectivity index (χ4n) is 5.31. The fraction of sp³-hybridized carbons (Fsp3) is 0.533. The molecule has 5 heterocycles. The topological polar surface area (TPSA) is 63.2 Å². The van der Waals surface area contributed by atoms with Crippen LogP contribution >= 0.6 is 0 Å². The standard InChI is InChI=1S/C28H35N5O3.C2H6/c1-21-20-36-17-12-33(21)27-18-26(32-10-15-35-16-11-32)24-6-7-25(29-28(24)30-27)23-4-2-22(3-5-23)19-31-8-13-34-14-9-31;1-2/h2-7,18,21H,8-17,19-20H2,1H3;1-2H3. The van der Waals surface area contributed by atoms with Gasteiger partial charge in [-0.25, -0.2) is 9.97 Å². The summed E-state index contributed by atoms with van der Waals surface area (Å²) in [5, 5.41) is 1.09. The molecule has 2 aromatic heterocycles. The zero-order valence-electron chi connectivity index (χ0n) is 23.1. The van der Waals surface area contributed by atoms with Crippen LogP contribution in [0.15, 0.2) is 42.5 Å². The van der Waals surface area contributed by atoms with Gasteiger partial charge >= 0.3 is 0 Å². The molecular formula is C30H41N5O3. The van der Waals surface area contributed by atoms with Gasteiger partial charge in [0.2, 0.25) is 0 Å². The number of morpholine rings is 3. The lowest BCUT2D eigenvalue weighted by molar-refractivity contribution is 0.0342. The van der Waals surface area contributed by atoms with Crippen molar-refractivity contribution in [3.05, 3.63) is 48.0 Å². The number of hydrogen-bond donors (Lipinski definition) is 0. The van der Waals surface area contributed by atoms with Crippen LogP contribution in [-0.2, 0) is 20.8 Å². The van der Waals surface area contributed by atoms with E-state index in [9.17, 15) is 0 Å². The molecule has 3 fully saturated rings. The van der Waals surface area contributed by atoms with Crippen LogP contribution in [0.1, 0.15) is 26.3 Å². The Morgan fingerprint density at radius 1 is 0.789 bits per heavy atom. The molecule has 8 heteroatoms. The third kappa shape index (κ3) is 6.10. The van der Waals surface area contributed by atoms with E-state index in [1.807, 2.05) is 13.8 Å². The Kier molecular flexibility index (Phi) is 9.06. The lowest BCUT2D eigenvalue weighted by Crippen LogP contribution is -2.44. The summed E-state index contributed by atoms with van der Waals surface area (Å²) in [5.41, 5.74) is 5.37. The SMILES string of the molecule is CC.CC1COCCN1c1cc(N2CCOCC2)c2ccc(-c3ccc(CN4CCOCC4)cc3)nc2n1. The monoisotopic (exact) mass is 519 g/mol. The van der Waals surface area contributed by atoms with E-state index in [2.05, 4.69) is 64.1 Å². The smallest absolute Gasteiger partial charge is 0.164 e. The quantitative estimate of drug-likeness (QED) is 0.497. The first-order valence-electron chi connectivity index (χ1n) is 14.1. The van der Waals surface area contributed by atoms with Gasteiger partial charge in [-0.3, -0.25) is 4.90 Å². The largest absolute Gasteiger partial charge is 0.379 e. The van der Waals surface area contributed by atoms with Crippen molar-refractivity contribution in [3.63, 3.8) is 0 Å². The number of pyridine rings is 2. The van der Waals surface area contributed by atoms with Crippen molar-refractivity contribution >= 4 is 22.5 Å². The highest BCUT2D eigenvalue weighted by atomic mass is 16.5. The van der Waals surface area contributed by atoms with Gasteiger partial charge < -0.3 is 24.0 Å². The van der Waals surface area contributed by atoms with Crippen molar-refractivity contribution in [1.82, 2.24) is 14.9 Å². The summed E-state index contributed by atoms with van der Waals surface area (Å²) < 4.78 is 16.8. The first-order chi connectivity index (χ1) is 18.7. The van der Waals surface area contributed by atoms with Gasteiger partial charge in [0.25, 0.3) is 0 Å². The van der Waals surface area contributed by atoms with Crippen LogP contribution in [0.2, 0.25) is 0 Å². The van der Waals surface area contributed by atoms with Gasteiger partial charge in [-0.2, -0.15) is 0 Å².